The molecule has 2 aromatic rings. The Hall–Kier alpha value is -1.88. The summed E-state index contributed by atoms with van der Waals surface area (Å²) in [6.45, 7) is 1.43. The van der Waals surface area contributed by atoms with Crippen molar-refractivity contribution in [2.75, 3.05) is 20.3 Å². The van der Waals surface area contributed by atoms with Crippen LogP contribution in [0.25, 0.3) is 10.9 Å². The number of nitrogens with zero attached hydrogens (tertiary/aromatic N) is 3. The molecular formula is C15H19N3O2. The third-order valence-corrected chi connectivity index (χ3v) is 3.99. The van der Waals surface area contributed by atoms with E-state index in [1.54, 1.807) is 11.8 Å². The lowest BCUT2D eigenvalue weighted by atomic mass is 10.1. The highest BCUT2D eigenvalue weighted by atomic mass is 16.5. The van der Waals surface area contributed by atoms with E-state index in [2.05, 4.69) is 5.10 Å². The number of fused-ring (bicyclic) bond motifs is 1. The Kier molecular flexibility index (Phi) is 3.44. The Morgan fingerprint density at radius 2 is 2.35 bits per heavy atom. The van der Waals surface area contributed by atoms with Crippen molar-refractivity contribution in [3.8, 4) is 0 Å². The summed E-state index contributed by atoms with van der Waals surface area (Å²) in [5.74, 6) is 0.0904. The van der Waals surface area contributed by atoms with Crippen molar-refractivity contribution in [3.63, 3.8) is 0 Å². The van der Waals surface area contributed by atoms with Gasteiger partial charge in [0, 0.05) is 31.7 Å². The highest BCUT2D eigenvalue weighted by Crippen LogP contribution is 2.22. The van der Waals surface area contributed by atoms with Gasteiger partial charge in [0.05, 0.1) is 24.4 Å². The van der Waals surface area contributed by atoms with Crippen molar-refractivity contribution in [1.29, 1.82) is 0 Å². The fraction of sp³-hybridized carbons (Fsp3) is 0.467. The third-order valence-electron chi connectivity index (χ3n) is 3.99. The first-order valence-corrected chi connectivity index (χ1v) is 6.92. The second-order valence-electron chi connectivity index (χ2n) is 5.29. The van der Waals surface area contributed by atoms with Gasteiger partial charge in [-0.1, -0.05) is 6.07 Å². The molecule has 0 unspecified atom stereocenters. The Balaban J connectivity index is 1.89. The topological polar surface area (TPSA) is 47.4 Å². The van der Waals surface area contributed by atoms with Crippen LogP contribution in [0.15, 0.2) is 24.4 Å². The van der Waals surface area contributed by atoms with Gasteiger partial charge in [0.15, 0.2) is 0 Å². The van der Waals surface area contributed by atoms with Gasteiger partial charge in [0.25, 0.3) is 5.91 Å². The van der Waals surface area contributed by atoms with E-state index in [0.29, 0.717) is 6.61 Å². The molecule has 1 aliphatic heterocycles. The van der Waals surface area contributed by atoms with E-state index < -0.39 is 0 Å². The number of rotatable bonds is 3. The first kappa shape index (κ1) is 13.1. The average Bonchev–Trinajstić information content (AvgIpc) is 3.06. The number of benzene rings is 1. The molecule has 0 bridgehead atoms. The summed E-state index contributed by atoms with van der Waals surface area (Å²) in [7, 11) is 3.57. The van der Waals surface area contributed by atoms with Crippen LogP contribution in [-0.4, -0.2) is 46.9 Å². The first-order valence-electron chi connectivity index (χ1n) is 6.92. The van der Waals surface area contributed by atoms with E-state index in [0.717, 1.165) is 35.9 Å². The summed E-state index contributed by atoms with van der Waals surface area (Å²) in [4.78, 5) is 14.6. The maximum Gasteiger partial charge on any atom is 0.254 e. The lowest BCUT2D eigenvalue weighted by Gasteiger charge is -2.24. The van der Waals surface area contributed by atoms with Crippen LogP contribution in [0.5, 0.6) is 0 Å². The Morgan fingerprint density at radius 3 is 3.15 bits per heavy atom. The number of ether oxygens (including phenoxy) is 1. The molecule has 0 N–H and O–H groups in total. The molecule has 1 aromatic heterocycles. The summed E-state index contributed by atoms with van der Waals surface area (Å²) >= 11 is 0. The highest BCUT2D eigenvalue weighted by molar-refractivity contribution is 5.98. The largest absolute Gasteiger partial charge is 0.383 e. The highest BCUT2D eigenvalue weighted by Gasteiger charge is 2.29. The first-order chi connectivity index (χ1) is 9.70. The number of carbonyl (C=O) groups is 1. The van der Waals surface area contributed by atoms with Gasteiger partial charge in [-0.15, -0.1) is 0 Å². The van der Waals surface area contributed by atoms with Crippen molar-refractivity contribution in [3.05, 3.63) is 30.0 Å². The molecule has 2 heterocycles. The quantitative estimate of drug-likeness (QED) is 0.857. The molecule has 1 aromatic carbocycles. The normalized spacial score (nSPS) is 18.9. The van der Waals surface area contributed by atoms with E-state index in [4.69, 9.17) is 4.74 Å². The summed E-state index contributed by atoms with van der Waals surface area (Å²) in [5, 5.41) is 5.26. The van der Waals surface area contributed by atoms with Crippen molar-refractivity contribution >= 4 is 16.8 Å². The van der Waals surface area contributed by atoms with Gasteiger partial charge in [-0.05, 0) is 25.0 Å². The molecular weight excluding hydrogens is 254 g/mol. The van der Waals surface area contributed by atoms with E-state index in [1.165, 1.54) is 0 Å². The monoisotopic (exact) mass is 273 g/mol. The zero-order valence-corrected chi connectivity index (χ0v) is 11.9. The van der Waals surface area contributed by atoms with E-state index >= 15 is 0 Å². The van der Waals surface area contributed by atoms with E-state index in [9.17, 15) is 4.79 Å². The minimum Gasteiger partial charge on any atom is -0.383 e. The Labute approximate surface area is 118 Å². The van der Waals surface area contributed by atoms with Crippen LogP contribution < -0.4 is 0 Å². The molecule has 20 heavy (non-hydrogen) atoms. The van der Waals surface area contributed by atoms with Crippen molar-refractivity contribution in [2.24, 2.45) is 7.05 Å². The number of hydrogen-bond donors (Lipinski definition) is 0. The lowest BCUT2D eigenvalue weighted by molar-refractivity contribution is 0.0631. The van der Waals surface area contributed by atoms with Gasteiger partial charge in [0.2, 0.25) is 0 Å². The zero-order chi connectivity index (χ0) is 14.1. The number of methoxy groups -OCH3 is 1. The SMILES string of the molecule is COC[C@@H]1CCCN1C(=O)c1ccc2cnn(C)c2c1. The van der Waals surface area contributed by atoms with Gasteiger partial charge in [0.1, 0.15) is 0 Å². The predicted octanol–water partition coefficient (Wildman–Crippen LogP) is 1.82. The van der Waals surface area contributed by atoms with E-state index in [-0.39, 0.29) is 11.9 Å². The smallest absolute Gasteiger partial charge is 0.254 e. The van der Waals surface area contributed by atoms with Crippen molar-refractivity contribution in [1.82, 2.24) is 14.7 Å². The maximum absolute atomic E-state index is 12.6. The summed E-state index contributed by atoms with van der Waals surface area (Å²) < 4.78 is 7.01. The van der Waals surface area contributed by atoms with Crippen LogP contribution in [0.4, 0.5) is 0 Å². The molecule has 0 saturated carbocycles. The Morgan fingerprint density at radius 1 is 1.50 bits per heavy atom. The summed E-state index contributed by atoms with van der Waals surface area (Å²) in [5.41, 5.74) is 1.71. The molecule has 3 rings (SSSR count). The molecule has 0 aliphatic carbocycles. The fourth-order valence-electron chi connectivity index (χ4n) is 2.91. The zero-order valence-electron chi connectivity index (χ0n) is 11.9. The van der Waals surface area contributed by atoms with Gasteiger partial charge in [-0.25, -0.2) is 0 Å². The minimum absolute atomic E-state index is 0.0904. The van der Waals surface area contributed by atoms with Crippen molar-refractivity contribution in [2.45, 2.75) is 18.9 Å². The molecule has 0 spiro atoms. The number of hydrogen-bond acceptors (Lipinski definition) is 3. The standard InChI is InChI=1S/C15H19N3O2/c1-17-14-8-11(5-6-12(14)9-16-17)15(19)18-7-3-4-13(18)10-20-2/h5-6,8-9,13H,3-4,7,10H2,1-2H3/t13-/m0/s1. The number of aryl methyl sites for hydroxylation is 1. The minimum atomic E-state index is 0.0904. The molecule has 1 fully saturated rings. The van der Waals surface area contributed by atoms with Gasteiger partial charge >= 0.3 is 0 Å². The molecule has 1 atom stereocenters. The molecule has 1 saturated heterocycles. The number of aromatic nitrogens is 2. The number of likely N-dealkylation sites (tertiary alicyclic amines) is 1. The van der Waals surface area contributed by atoms with Crippen LogP contribution in [0.3, 0.4) is 0 Å². The van der Waals surface area contributed by atoms with Crippen molar-refractivity contribution < 1.29 is 9.53 Å². The molecule has 5 heteroatoms. The molecule has 0 radical (unpaired) electrons. The summed E-state index contributed by atoms with van der Waals surface area (Å²) in [6.07, 6.45) is 3.88. The van der Waals surface area contributed by atoms with Crippen LogP contribution >= 0.6 is 0 Å². The van der Waals surface area contributed by atoms with Crippen LogP contribution in [0, 0.1) is 0 Å². The van der Waals surface area contributed by atoms with Crippen LogP contribution in [0.1, 0.15) is 23.2 Å². The van der Waals surface area contributed by atoms with Crippen LogP contribution in [-0.2, 0) is 11.8 Å². The number of carbonyl (C=O) groups excluding carboxylic acids is 1. The van der Waals surface area contributed by atoms with Gasteiger partial charge in [-0.2, -0.15) is 5.10 Å². The third kappa shape index (κ3) is 2.18. The second kappa shape index (κ2) is 5.25. The predicted molar refractivity (Wildman–Crippen MR) is 76.6 cm³/mol. The van der Waals surface area contributed by atoms with E-state index in [1.807, 2.05) is 36.3 Å². The fourth-order valence-corrected chi connectivity index (χ4v) is 2.91. The van der Waals surface area contributed by atoms with Gasteiger partial charge in [-0.3, -0.25) is 9.48 Å². The molecule has 1 amide bonds. The molecule has 5 nitrogen and oxygen atoms in total. The van der Waals surface area contributed by atoms with Gasteiger partial charge < -0.3 is 9.64 Å². The average molecular weight is 273 g/mol. The van der Waals surface area contributed by atoms with Crippen LogP contribution in [0.2, 0.25) is 0 Å². The second-order valence-corrected chi connectivity index (χ2v) is 5.29. The maximum atomic E-state index is 12.6. The molecule has 106 valence electrons. The lowest BCUT2D eigenvalue weighted by Crippen LogP contribution is -2.38. The Bertz CT molecular complexity index is 635. The number of amides is 1. The molecule has 1 aliphatic rings. The summed E-state index contributed by atoms with van der Waals surface area (Å²) in [6, 6.07) is 5.97.